The van der Waals surface area contributed by atoms with Crippen molar-refractivity contribution in [3.63, 3.8) is 0 Å². The molecule has 10 rings (SSSR count). The van der Waals surface area contributed by atoms with Gasteiger partial charge in [-0.3, -0.25) is 9.55 Å². The van der Waals surface area contributed by atoms with Crippen molar-refractivity contribution in [1.82, 2.24) is 14.5 Å². The topological polar surface area (TPSA) is 50.9 Å². The number of fused-ring (bicyclic) bond motifs is 4. The largest absolute Gasteiger partial charge is 0.507 e. The van der Waals surface area contributed by atoms with Crippen LogP contribution in [0.1, 0.15) is 25.0 Å². The first-order valence-electron chi connectivity index (χ1n) is 18.6. The third kappa shape index (κ3) is 5.80. The minimum Gasteiger partial charge on any atom is -0.507 e. The standard InChI is InChI=1S/C51H36N3O.Pt/c1-51(2)44-21-11-9-18-40(44)42-30-37(31-43(48(42)51)45-32-36(28-29-52-45)35-26-24-34(25-27-35)33-14-5-3-6-15-33)39-20-13-22-46-49(39)53-50(41-19-10-12-23-47(41)55)54(46)38-16-7-4-8-17-38;/h3-30,32,55H,1-2H3;/q-1;. The molecule has 0 bridgehead atoms. The van der Waals surface area contributed by atoms with E-state index in [1.165, 1.54) is 33.4 Å². The molecule has 272 valence electrons. The van der Waals surface area contributed by atoms with Gasteiger partial charge < -0.3 is 5.11 Å². The van der Waals surface area contributed by atoms with E-state index in [1.807, 2.05) is 48.7 Å². The number of aromatic nitrogens is 3. The minimum atomic E-state index is -0.274. The third-order valence-corrected chi connectivity index (χ3v) is 11.1. The molecule has 2 aromatic heterocycles. The molecule has 1 aliphatic rings. The number of phenols is 1. The van der Waals surface area contributed by atoms with Gasteiger partial charge in [-0.2, -0.15) is 0 Å². The van der Waals surface area contributed by atoms with Crippen LogP contribution in [0.4, 0.5) is 0 Å². The fraction of sp³-hybridized carbons (Fsp3) is 0.0588. The van der Waals surface area contributed by atoms with E-state index in [4.69, 9.17) is 9.97 Å². The smallest absolute Gasteiger partial charge is 0.148 e. The zero-order valence-electron chi connectivity index (χ0n) is 30.8. The average molecular weight is 902 g/mol. The molecule has 9 aromatic rings. The molecule has 0 radical (unpaired) electrons. The summed E-state index contributed by atoms with van der Waals surface area (Å²) in [7, 11) is 0. The van der Waals surface area contributed by atoms with Crippen LogP contribution in [0.15, 0.2) is 176 Å². The molecule has 0 aliphatic heterocycles. The summed E-state index contributed by atoms with van der Waals surface area (Å²) in [4.78, 5) is 10.3. The van der Waals surface area contributed by atoms with E-state index in [-0.39, 0.29) is 32.2 Å². The minimum absolute atomic E-state index is 0. The summed E-state index contributed by atoms with van der Waals surface area (Å²) in [5.74, 6) is 0.856. The maximum atomic E-state index is 11.1. The van der Waals surface area contributed by atoms with Crippen molar-refractivity contribution in [1.29, 1.82) is 0 Å². The van der Waals surface area contributed by atoms with Gasteiger partial charge in [-0.1, -0.05) is 163 Å². The summed E-state index contributed by atoms with van der Waals surface area (Å²) >= 11 is 0. The fourth-order valence-corrected chi connectivity index (χ4v) is 8.41. The van der Waals surface area contributed by atoms with Crippen LogP contribution in [0.2, 0.25) is 0 Å². The molecular formula is C51H36N3OPt-. The van der Waals surface area contributed by atoms with E-state index >= 15 is 0 Å². The molecule has 56 heavy (non-hydrogen) atoms. The third-order valence-electron chi connectivity index (χ3n) is 11.1. The van der Waals surface area contributed by atoms with Gasteiger partial charge in [0.05, 0.1) is 16.6 Å². The molecule has 2 heterocycles. The van der Waals surface area contributed by atoms with E-state index in [2.05, 4.69) is 146 Å². The Hall–Kier alpha value is -6.35. The second kappa shape index (κ2) is 14.1. The van der Waals surface area contributed by atoms with Crippen molar-refractivity contribution in [2.24, 2.45) is 0 Å². The molecule has 0 spiro atoms. The monoisotopic (exact) mass is 901 g/mol. The second-order valence-electron chi connectivity index (χ2n) is 14.7. The van der Waals surface area contributed by atoms with Crippen molar-refractivity contribution in [2.45, 2.75) is 19.3 Å². The van der Waals surface area contributed by atoms with Crippen LogP contribution in [0.25, 0.3) is 83.9 Å². The van der Waals surface area contributed by atoms with Crippen molar-refractivity contribution in [3.8, 4) is 78.6 Å². The predicted molar refractivity (Wildman–Crippen MR) is 224 cm³/mol. The molecule has 0 saturated carbocycles. The number of benzene rings is 7. The van der Waals surface area contributed by atoms with Crippen LogP contribution in [0, 0.1) is 6.07 Å². The Bertz CT molecular complexity index is 2900. The summed E-state index contributed by atoms with van der Waals surface area (Å²) in [6, 6.07) is 62.4. The predicted octanol–water partition coefficient (Wildman–Crippen LogP) is 12.6. The first kappa shape index (κ1) is 35.4. The van der Waals surface area contributed by atoms with Gasteiger partial charge in [0.25, 0.3) is 0 Å². The number of imidazole rings is 1. The maximum absolute atomic E-state index is 11.1. The van der Waals surface area contributed by atoms with Gasteiger partial charge in [-0.15, -0.1) is 17.7 Å². The quantitative estimate of drug-likeness (QED) is 0.169. The molecule has 7 aromatic carbocycles. The Morgan fingerprint density at radius 1 is 0.571 bits per heavy atom. The fourth-order valence-electron chi connectivity index (χ4n) is 8.41. The summed E-state index contributed by atoms with van der Waals surface area (Å²) in [5, 5.41) is 11.1. The van der Waals surface area contributed by atoms with Crippen LogP contribution in [0.3, 0.4) is 0 Å². The first-order valence-corrected chi connectivity index (χ1v) is 18.6. The molecule has 0 saturated heterocycles. The van der Waals surface area contributed by atoms with Gasteiger partial charge in [-0.25, -0.2) is 4.98 Å². The maximum Gasteiger partial charge on any atom is 0.148 e. The Morgan fingerprint density at radius 2 is 1.20 bits per heavy atom. The Kier molecular flexibility index (Phi) is 8.87. The Labute approximate surface area is 341 Å². The van der Waals surface area contributed by atoms with E-state index in [1.54, 1.807) is 6.07 Å². The van der Waals surface area contributed by atoms with E-state index in [0.717, 1.165) is 50.2 Å². The number of rotatable bonds is 6. The van der Waals surface area contributed by atoms with Crippen molar-refractivity contribution < 1.29 is 26.2 Å². The van der Waals surface area contributed by atoms with Crippen molar-refractivity contribution in [3.05, 3.63) is 193 Å². The van der Waals surface area contributed by atoms with Crippen molar-refractivity contribution in [2.75, 3.05) is 0 Å². The molecule has 1 N–H and O–H groups in total. The SMILES string of the molecule is CC1(C)c2ccccc2-c2cc(-c3cccc4c3nc(-c3ccccc3O)n4-c3ccccc3)[c-]c(-c3cc(-c4ccc(-c5ccccc5)cc4)ccn3)c21.[Pt]. The van der Waals surface area contributed by atoms with E-state index < -0.39 is 0 Å². The normalized spacial score (nSPS) is 12.5. The molecular weight excluding hydrogens is 866 g/mol. The number of para-hydroxylation sites is 3. The van der Waals surface area contributed by atoms with Crippen LogP contribution < -0.4 is 0 Å². The molecule has 5 heteroatoms. The van der Waals surface area contributed by atoms with Crippen LogP contribution in [-0.4, -0.2) is 19.6 Å². The number of hydrogen-bond acceptors (Lipinski definition) is 3. The summed E-state index contributed by atoms with van der Waals surface area (Å²) < 4.78 is 2.13. The Balaban J connectivity index is 0.00000410. The molecule has 0 amide bonds. The molecule has 0 fully saturated rings. The number of phenolic OH excluding ortho intramolecular Hbond substituents is 1. The number of nitrogens with zero attached hydrogens (tertiary/aromatic N) is 3. The zero-order valence-corrected chi connectivity index (χ0v) is 33.1. The number of pyridine rings is 1. The molecule has 0 atom stereocenters. The van der Waals surface area contributed by atoms with Gasteiger partial charge in [0.1, 0.15) is 11.6 Å². The average Bonchev–Trinajstić information content (AvgIpc) is 3.74. The summed E-state index contributed by atoms with van der Waals surface area (Å²) in [6.45, 7) is 4.61. The van der Waals surface area contributed by atoms with E-state index in [9.17, 15) is 5.11 Å². The Morgan fingerprint density at radius 3 is 1.95 bits per heavy atom. The number of aromatic hydroxyl groups is 1. The number of hydrogen-bond donors (Lipinski definition) is 1. The molecule has 1 aliphatic carbocycles. The van der Waals surface area contributed by atoms with Gasteiger partial charge in [-0.05, 0) is 75.2 Å². The molecule has 4 nitrogen and oxygen atoms in total. The van der Waals surface area contributed by atoms with Gasteiger partial charge >= 0.3 is 0 Å². The second-order valence-corrected chi connectivity index (χ2v) is 14.7. The first-order chi connectivity index (χ1) is 27.0. The van der Waals surface area contributed by atoms with Gasteiger partial charge in [0.15, 0.2) is 0 Å². The summed E-state index contributed by atoms with van der Waals surface area (Å²) in [5.41, 5.74) is 16.4. The van der Waals surface area contributed by atoms with Crippen LogP contribution in [-0.2, 0) is 26.5 Å². The molecule has 0 unspecified atom stereocenters. The van der Waals surface area contributed by atoms with Gasteiger partial charge in [0, 0.05) is 38.6 Å². The van der Waals surface area contributed by atoms with Crippen LogP contribution >= 0.6 is 0 Å². The zero-order chi connectivity index (χ0) is 37.1. The summed E-state index contributed by atoms with van der Waals surface area (Å²) in [6.07, 6.45) is 1.92. The van der Waals surface area contributed by atoms with Crippen molar-refractivity contribution >= 4 is 11.0 Å². The van der Waals surface area contributed by atoms with Gasteiger partial charge in [0.2, 0.25) is 0 Å². The van der Waals surface area contributed by atoms with E-state index in [0.29, 0.717) is 11.4 Å². The van der Waals surface area contributed by atoms with Crippen LogP contribution in [0.5, 0.6) is 5.75 Å².